The second-order valence-electron chi connectivity index (χ2n) is 4.99. The second-order valence-corrected chi connectivity index (χ2v) is 4.99. The van der Waals surface area contributed by atoms with Crippen molar-refractivity contribution in [3.8, 4) is 6.07 Å². The standard InChI is InChI=1S/C16H25N3/c1-5-15(18-6-2)14-9-7-8-10-16(14)19(4)12-13(3)11-17/h7-10,13,15,18H,5-6,12H2,1-4H3. The second kappa shape index (κ2) is 7.81. The number of nitrogens with one attached hydrogen (secondary N) is 1. The number of rotatable bonds is 7. The van der Waals surface area contributed by atoms with Crippen LogP contribution < -0.4 is 10.2 Å². The van der Waals surface area contributed by atoms with Gasteiger partial charge in [0.2, 0.25) is 0 Å². The number of hydrogen-bond acceptors (Lipinski definition) is 3. The van der Waals surface area contributed by atoms with Crippen LogP contribution in [-0.4, -0.2) is 20.1 Å². The number of anilines is 1. The van der Waals surface area contributed by atoms with Gasteiger partial charge in [0.15, 0.2) is 0 Å². The predicted molar refractivity (Wildman–Crippen MR) is 81.2 cm³/mol. The lowest BCUT2D eigenvalue weighted by atomic mass is 10.0. The molecule has 3 nitrogen and oxygen atoms in total. The summed E-state index contributed by atoms with van der Waals surface area (Å²) < 4.78 is 0. The smallest absolute Gasteiger partial charge is 0.0671 e. The molecule has 0 aliphatic heterocycles. The van der Waals surface area contributed by atoms with Gasteiger partial charge in [0.25, 0.3) is 0 Å². The molecular formula is C16H25N3. The fourth-order valence-corrected chi connectivity index (χ4v) is 2.40. The molecule has 0 saturated heterocycles. The molecule has 0 aliphatic rings. The molecule has 2 unspecified atom stereocenters. The van der Waals surface area contributed by atoms with Crippen LogP contribution in [-0.2, 0) is 0 Å². The van der Waals surface area contributed by atoms with Crippen molar-refractivity contribution in [2.24, 2.45) is 5.92 Å². The molecule has 0 aromatic heterocycles. The third-order valence-corrected chi connectivity index (χ3v) is 3.35. The summed E-state index contributed by atoms with van der Waals surface area (Å²) in [5.41, 5.74) is 2.54. The Labute approximate surface area is 117 Å². The van der Waals surface area contributed by atoms with Crippen LogP contribution in [0.5, 0.6) is 0 Å². The van der Waals surface area contributed by atoms with Gasteiger partial charge < -0.3 is 10.2 Å². The Morgan fingerprint density at radius 1 is 1.32 bits per heavy atom. The van der Waals surface area contributed by atoms with Crippen molar-refractivity contribution >= 4 is 5.69 Å². The Morgan fingerprint density at radius 3 is 2.58 bits per heavy atom. The molecule has 1 aromatic carbocycles. The van der Waals surface area contributed by atoms with Crippen molar-refractivity contribution in [2.75, 3.05) is 25.0 Å². The molecule has 0 amide bonds. The zero-order valence-corrected chi connectivity index (χ0v) is 12.5. The van der Waals surface area contributed by atoms with Gasteiger partial charge in [-0.05, 0) is 31.5 Å². The number of benzene rings is 1. The SMILES string of the molecule is CCNC(CC)c1ccccc1N(C)CC(C)C#N. The van der Waals surface area contributed by atoms with Crippen molar-refractivity contribution < 1.29 is 0 Å². The maximum atomic E-state index is 8.95. The van der Waals surface area contributed by atoms with E-state index in [2.05, 4.69) is 61.4 Å². The van der Waals surface area contributed by atoms with Crippen molar-refractivity contribution in [3.05, 3.63) is 29.8 Å². The van der Waals surface area contributed by atoms with Crippen molar-refractivity contribution in [3.63, 3.8) is 0 Å². The average Bonchev–Trinajstić information content (AvgIpc) is 2.44. The van der Waals surface area contributed by atoms with E-state index in [9.17, 15) is 0 Å². The highest BCUT2D eigenvalue weighted by molar-refractivity contribution is 5.54. The lowest BCUT2D eigenvalue weighted by molar-refractivity contribution is 0.536. The fourth-order valence-electron chi connectivity index (χ4n) is 2.40. The Bertz CT molecular complexity index is 422. The van der Waals surface area contributed by atoms with E-state index in [0.29, 0.717) is 6.04 Å². The highest BCUT2D eigenvalue weighted by Crippen LogP contribution is 2.27. The molecule has 0 bridgehead atoms. The highest BCUT2D eigenvalue weighted by Gasteiger charge is 2.15. The largest absolute Gasteiger partial charge is 0.373 e. The minimum atomic E-state index is 0.0391. The summed E-state index contributed by atoms with van der Waals surface area (Å²) in [7, 11) is 2.06. The predicted octanol–water partition coefficient (Wildman–Crippen LogP) is 3.34. The first-order valence-corrected chi connectivity index (χ1v) is 7.07. The van der Waals surface area contributed by atoms with Gasteiger partial charge in [0, 0.05) is 25.3 Å². The van der Waals surface area contributed by atoms with Crippen LogP contribution in [0.15, 0.2) is 24.3 Å². The highest BCUT2D eigenvalue weighted by atomic mass is 15.1. The van der Waals surface area contributed by atoms with E-state index < -0.39 is 0 Å². The molecule has 104 valence electrons. The number of hydrogen-bond donors (Lipinski definition) is 1. The quantitative estimate of drug-likeness (QED) is 0.816. The van der Waals surface area contributed by atoms with Gasteiger partial charge in [0.05, 0.1) is 12.0 Å². The summed E-state index contributed by atoms with van der Waals surface area (Å²) in [6.07, 6.45) is 1.06. The number of para-hydroxylation sites is 1. The summed E-state index contributed by atoms with van der Waals surface area (Å²) in [5, 5.41) is 12.5. The summed E-state index contributed by atoms with van der Waals surface area (Å²) in [6.45, 7) is 8.01. The molecule has 3 heteroatoms. The van der Waals surface area contributed by atoms with E-state index >= 15 is 0 Å². The van der Waals surface area contributed by atoms with Gasteiger partial charge >= 0.3 is 0 Å². The molecule has 1 rings (SSSR count). The molecule has 0 fully saturated rings. The average molecular weight is 259 g/mol. The molecule has 0 radical (unpaired) electrons. The fraction of sp³-hybridized carbons (Fsp3) is 0.562. The van der Waals surface area contributed by atoms with Crippen LogP contribution in [0.25, 0.3) is 0 Å². The van der Waals surface area contributed by atoms with Crippen molar-refractivity contribution in [1.29, 1.82) is 5.26 Å². The van der Waals surface area contributed by atoms with E-state index in [4.69, 9.17) is 5.26 Å². The van der Waals surface area contributed by atoms with Gasteiger partial charge in [-0.1, -0.05) is 32.0 Å². The molecule has 0 heterocycles. The van der Waals surface area contributed by atoms with Crippen LogP contribution in [0.1, 0.15) is 38.8 Å². The Morgan fingerprint density at radius 2 is 2.00 bits per heavy atom. The van der Waals surface area contributed by atoms with E-state index in [1.807, 2.05) is 6.92 Å². The minimum Gasteiger partial charge on any atom is -0.373 e. The Balaban J connectivity index is 2.97. The van der Waals surface area contributed by atoms with Crippen LogP contribution in [0.2, 0.25) is 0 Å². The molecule has 1 N–H and O–H groups in total. The molecule has 0 spiro atoms. The van der Waals surface area contributed by atoms with Gasteiger partial charge in [0.1, 0.15) is 0 Å². The monoisotopic (exact) mass is 259 g/mol. The topological polar surface area (TPSA) is 39.1 Å². The lowest BCUT2D eigenvalue weighted by Crippen LogP contribution is -2.27. The molecule has 0 aliphatic carbocycles. The molecular weight excluding hydrogens is 234 g/mol. The van der Waals surface area contributed by atoms with E-state index in [0.717, 1.165) is 19.5 Å². The van der Waals surface area contributed by atoms with Crippen molar-refractivity contribution in [1.82, 2.24) is 5.32 Å². The van der Waals surface area contributed by atoms with E-state index in [1.165, 1.54) is 11.3 Å². The summed E-state index contributed by atoms with van der Waals surface area (Å²) in [5.74, 6) is 0.0391. The first-order valence-electron chi connectivity index (χ1n) is 7.07. The van der Waals surface area contributed by atoms with Crippen LogP contribution >= 0.6 is 0 Å². The zero-order valence-electron chi connectivity index (χ0n) is 12.5. The lowest BCUT2D eigenvalue weighted by Gasteiger charge is -2.27. The van der Waals surface area contributed by atoms with E-state index in [1.54, 1.807) is 0 Å². The zero-order chi connectivity index (χ0) is 14.3. The third-order valence-electron chi connectivity index (χ3n) is 3.35. The maximum Gasteiger partial charge on any atom is 0.0671 e. The van der Waals surface area contributed by atoms with Crippen LogP contribution in [0.4, 0.5) is 5.69 Å². The maximum absolute atomic E-state index is 8.95. The summed E-state index contributed by atoms with van der Waals surface area (Å²) in [6, 6.07) is 11.1. The Hall–Kier alpha value is -1.53. The van der Waals surface area contributed by atoms with Gasteiger partial charge in [-0.2, -0.15) is 5.26 Å². The first kappa shape index (κ1) is 15.5. The molecule has 1 aromatic rings. The van der Waals surface area contributed by atoms with Crippen molar-refractivity contribution in [2.45, 2.75) is 33.2 Å². The normalized spacial score (nSPS) is 13.6. The van der Waals surface area contributed by atoms with Crippen LogP contribution in [0.3, 0.4) is 0 Å². The first-order chi connectivity index (χ1) is 9.13. The molecule has 19 heavy (non-hydrogen) atoms. The van der Waals surface area contributed by atoms with Crippen LogP contribution in [0, 0.1) is 17.2 Å². The van der Waals surface area contributed by atoms with E-state index in [-0.39, 0.29) is 5.92 Å². The van der Waals surface area contributed by atoms with Gasteiger partial charge in [-0.25, -0.2) is 0 Å². The van der Waals surface area contributed by atoms with Gasteiger partial charge in [-0.15, -0.1) is 0 Å². The summed E-state index contributed by atoms with van der Waals surface area (Å²) >= 11 is 0. The molecule has 2 atom stereocenters. The van der Waals surface area contributed by atoms with Gasteiger partial charge in [-0.3, -0.25) is 0 Å². The Kier molecular flexibility index (Phi) is 6.38. The third kappa shape index (κ3) is 4.25. The number of nitriles is 1. The molecule has 0 saturated carbocycles. The number of nitrogens with zero attached hydrogens (tertiary/aromatic N) is 2. The minimum absolute atomic E-state index is 0.0391. The summed E-state index contributed by atoms with van der Waals surface area (Å²) in [4.78, 5) is 2.18.